The highest BCUT2D eigenvalue weighted by Crippen LogP contribution is 2.42. The van der Waals surface area contributed by atoms with Crippen LogP contribution < -0.4 is 5.63 Å². The number of hydrogen-bond donors (Lipinski definition) is 5. The van der Waals surface area contributed by atoms with E-state index < -0.39 is 42.2 Å². The average Bonchev–Trinajstić information content (AvgIpc) is 2.91. The molecule has 1 aromatic carbocycles. The molecule has 2 fully saturated rings. The van der Waals surface area contributed by atoms with Crippen LogP contribution in [0.4, 0.5) is 0 Å². The number of aliphatic hydroxyl groups excluding tert-OH is 4. The van der Waals surface area contributed by atoms with Gasteiger partial charge in [0.2, 0.25) is 0 Å². The highest BCUT2D eigenvalue weighted by molar-refractivity contribution is 6.04. The Kier molecular flexibility index (Phi) is 8.96. The number of piperidine rings is 1. The smallest absolute Gasteiger partial charge is 0.349 e. The molecule has 39 heavy (non-hydrogen) atoms. The third kappa shape index (κ3) is 5.68. The van der Waals surface area contributed by atoms with Crippen molar-refractivity contribution < 1.29 is 44.3 Å². The first kappa shape index (κ1) is 29.4. The van der Waals surface area contributed by atoms with E-state index in [0.29, 0.717) is 17.7 Å². The van der Waals surface area contributed by atoms with Gasteiger partial charge >= 0.3 is 5.63 Å². The number of rotatable bonds is 8. The molecule has 0 amide bonds. The summed E-state index contributed by atoms with van der Waals surface area (Å²) in [5, 5.41) is 56.3. The summed E-state index contributed by atoms with van der Waals surface area (Å²) in [6.07, 6.45) is -3.62. The molecule has 2 aromatic rings. The van der Waals surface area contributed by atoms with Gasteiger partial charge in [0.05, 0.1) is 23.8 Å². The number of oxime groups is 1. The van der Waals surface area contributed by atoms with E-state index in [9.17, 15) is 30.3 Å². The fourth-order valence-electron chi connectivity index (χ4n) is 5.44. The maximum absolute atomic E-state index is 12.9. The van der Waals surface area contributed by atoms with Crippen molar-refractivity contribution in [3.8, 4) is 5.75 Å². The summed E-state index contributed by atoms with van der Waals surface area (Å²) in [5.74, 6) is -0.324. The van der Waals surface area contributed by atoms with Gasteiger partial charge in [-0.1, -0.05) is 11.2 Å². The van der Waals surface area contributed by atoms with E-state index in [1.54, 1.807) is 19.9 Å². The third-order valence-corrected chi connectivity index (χ3v) is 7.80. The maximum atomic E-state index is 12.9. The van der Waals surface area contributed by atoms with Crippen LogP contribution in [0.5, 0.6) is 5.75 Å². The van der Waals surface area contributed by atoms with Crippen LogP contribution in [0.1, 0.15) is 49.5 Å². The lowest BCUT2D eigenvalue weighted by molar-refractivity contribution is -0.279. The van der Waals surface area contributed by atoms with E-state index in [1.165, 1.54) is 20.1 Å². The van der Waals surface area contributed by atoms with Crippen molar-refractivity contribution in [3.63, 3.8) is 0 Å². The third-order valence-electron chi connectivity index (χ3n) is 7.80. The van der Waals surface area contributed by atoms with Gasteiger partial charge in [0.15, 0.2) is 0 Å². The zero-order valence-corrected chi connectivity index (χ0v) is 22.7. The number of nitrogens with zero attached hydrogens (tertiary/aromatic N) is 2. The van der Waals surface area contributed by atoms with Crippen LogP contribution in [0, 0.1) is 6.92 Å². The fraction of sp³-hybridized carbons (Fsp3) is 0.630. The van der Waals surface area contributed by atoms with E-state index in [4.69, 9.17) is 18.7 Å². The quantitative estimate of drug-likeness (QED) is 0.134. The summed E-state index contributed by atoms with van der Waals surface area (Å²) in [7, 11) is 1.35. The molecule has 0 aliphatic carbocycles. The first-order valence-electron chi connectivity index (χ1n) is 13.1. The molecule has 12 nitrogen and oxygen atoms in total. The van der Waals surface area contributed by atoms with Crippen LogP contribution in [-0.2, 0) is 14.3 Å². The minimum atomic E-state index is -1.40. The predicted octanol–water partition coefficient (Wildman–Crippen LogP) is 0.563. The van der Waals surface area contributed by atoms with Crippen molar-refractivity contribution in [1.82, 2.24) is 4.90 Å². The van der Waals surface area contributed by atoms with Gasteiger partial charge in [0, 0.05) is 26.7 Å². The summed E-state index contributed by atoms with van der Waals surface area (Å²) in [6, 6.07) is 3.13. The Balaban J connectivity index is 1.58. The van der Waals surface area contributed by atoms with Gasteiger partial charge < -0.3 is 44.3 Å². The fourth-order valence-corrected chi connectivity index (χ4v) is 5.44. The second kappa shape index (κ2) is 11.9. The van der Waals surface area contributed by atoms with E-state index in [0.717, 1.165) is 25.9 Å². The van der Waals surface area contributed by atoms with Gasteiger partial charge in [-0.2, -0.15) is 0 Å². The van der Waals surface area contributed by atoms with Gasteiger partial charge in [0.25, 0.3) is 0 Å². The SMILES string of the molecule is CO[C@@H]1[C@H](O)[C@@H](O)[C@H](c2ccc3c(O)c(C(C)=NOCCN4CCC(O)CC4)c(=O)oc3c2C)O[C@]1(C)CO. The second-order valence-electron chi connectivity index (χ2n) is 10.5. The molecule has 0 saturated carbocycles. The highest BCUT2D eigenvalue weighted by Gasteiger charge is 2.52. The lowest BCUT2D eigenvalue weighted by atomic mass is 9.83. The molecule has 1 aromatic heterocycles. The van der Waals surface area contributed by atoms with E-state index in [-0.39, 0.29) is 40.7 Å². The van der Waals surface area contributed by atoms with Crippen molar-refractivity contribution in [1.29, 1.82) is 0 Å². The van der Waals surface area contributed by atoms with Gasteiger partial charge in [-0.15, -0.1) is 0 Å². The Morgan fingerprint density at radius 1 is 1.21 bits per heavy atom. The molecule has 2 aliphatic rings. The molecule has 216 valence electrons. The summed E-state index contributed by atoms with van der Waals surface area (Å²) in [4.78, 5) is 20.5. The molecule has 4 rings (SSSR count). The van der Waals surface area contributed by atoms with Crippen LogP contribution in [0.15, 0.2) is 26.5 Å². The van der Waals surface area contributed by atoms with Crippen LogP contribution in [0.25, 0.3) is 11.0 Å². The number of methoxy groups -OCH3 is 1. The number of aryl methyl sites for hydroxylation is 1. The molecular formula is C27H38N2O10. The van der Waals surface area contributed by atoms with Crippen molar-refractivity contribution >= 4 is 16.7 Å². The van der Waals surface area contributed by atoms with Gasteiger partial charge in [-0.3, -0.25) is 4.90 Å². The Morgan fingerprint density at radius 3 is 2.54 bits per heavy atom. The molecule has 2 aliphatic heterocycles. The molecule has 12 heteroatoms. The number of aromatic hydroxyl groups is 1. The standard InChI is InChI=1S/C27H38N2O10/c1-14-17(24-21(33)22(34)25(36-4)27(3,13-30)39-24)5-6-18-20(32)19(26(35)38-23(14)18)15(2)28-37-12-11-29-9-7-16(31)8-10-29/h5-6,16,21-22,24-25,30-34H,7-13H2,1-4H3/t21-,22-,24+,25-,27-/m1/s1. The molecule has 2 saturated heterocycles. The molecular weight excluding hydrogens is 512 g/mol. The van der Waals surface area contributed by atoms with Crippen molar-refractivity contribution in [3.05, 3.63) is 39.2 Å². The monoisotopic (exact) mass is 550 g/mol. The van der Waals surface area contributed by atoms with Crippen molar-refractivity contribution in [2.75, 3.05) is 40.0 Å². The molecule has 5 atom stereocenters. The average molecular weight is 551 g/mol. The summed E-state index contributed by atoms with van der Waals surface area (Å²) in [6.45, 7) is 6.72. The zero-order chi connectivity index (χ0) is 28.5. The number of fused-ring (bicyclic) bond motifs is 1. The second-order valence-corrected chi connectivity index (χ2v) is 10.5. The first-order valence-corrected chi connectivity index (χ1v) is 13.1. The topological polar surface area (TPSA) is 175 Å². The lowest BCUT2D eigenvalue weighted by Gasteiger charge is -2.48. The number of aliphatic hydroxyl groups is 4. The summed E-state index contributed by atoms with van der Waals surface area (Å²) < 4.78 is 16.9. The Morgan fingerprint density at radius 2 is 1.90 bits per heavy atom. The normalized spacial score (nSPS) is 29.2. The number of hydrogen-bond acceptors (Lipinski definition) is 12. The number of likely N-dealkylation sites (tertiary alicyclic amines) is 1. The number of ether oxygens (including phenoxy) is 2. The van der Waals surface area contributed by atoms with E-state index in [2.05, 4.69) is 10.1 Å². The highest BCUT2D eigenvalue weighted by atomic mass is 16.6. The molecule has 0 spiro atoms. The van der Waals surface area contributed by atoms with E-state index in [1.807, 2.05) is 0 Å². The number of benzene rings is 1. The summed E-state index contributed by atoms with van der Waals surface area (Å²) >= 11 is 0. The molecule has 0 unspecified atom stereocenters. The van der Waals surface area contributed by atoms with Crippen LogP contribution in [-0.4, -0.2) is 106 Å². The van der Waals surface area contributed by atoms with Gasteiger partial charge in [0.1, 0.15) is 53.5 Å². The molecule has 0 bridgehead atoms. The minimum Gasteiger partial charge on any atom is -0.506 e. The Hall–Kier alpha value is -2.58. The van der Waals surface area contributed by atoms with E-state index >= 15 is 0 Å². The largest absolute Gasteiger partial charge is 0.506 e. The maximum Gasteiger partial charge on any atom is 0.349 e. The van der Waals surface area contributed by atoms with Crippen LogP contribution in [0.3, 0.4) is 0 Å². The Bertz CT molecular complexity index is 1260. The Labute approximate surface area is 226 Å². The van der Waals surface area contributed by atoms with Gasteiger partial charge in [-0.25, -0.2) is 4.79 Å². The van der Waals surface area contributed by atoms with Gasteiger partial charge in [-0.05, 0) is 50.8 Å². The summed E-state index contributed by atoms with van der Waals surface area (Å²) in [5.41, 5.74) is -1.19. The van der Waals surface area contributed by atoms with Crippen LogP contribution >= 0.6 is 0 Å². The lowest BCUT2D eigenvalue weighted by Crippen LogP contribution is -2.62. The zero-order valence-electron chi connectivity index (χ0n) is 22.7. The molecule has 0 radical (unpaired) electrons. The van der Waals surface area contributed by atoms with Crippen molar-refractivity contribution in [2.45, 2.75) is 69.7 Å². The predicted molar refractivity (Wildman–Crippen MR) is 141 cm³/mol. The van der Waals surface area contributed by atoms with Crippen molar-refractivity contribution in [2.24, 2.45) is 5.16 Å². The molecule has 5 N–H and O–H groups in total. The molecule has 3 heterocycles. The minimum absolute atomic E-state index is 0.0876. The first-order chi connectivity index (χ1) is 18.5. The van der Waals surface area contributed by atoms with Crippen LogP contribution in [0.2, 0.25) is 0 Å².